The van der Waals surface area contributed by atoms with Gasteiger partial charge in [-0.05, 0) is 80.8 Å². The van der Waals surface area contributed by atoms with Crippen LogP contribution in [0.5, 0.6) is 5.75 Å². The molecule has 6 nitrogen and oxygen atoms in total. The Hall–Kier alpha value is -2.93. The first-order valence-corrected chi connectivity index (χ1v) is 12.9. The van der Waals surface area contributed by atoms with Crippen molar-refractivity contribution in [2.75, 3.05) is 24.6 Å². The number of ether oxygens (including phenoxy) is 1. The van der Waals surface area contributed by atoms with Gasteiger partial charge in [0.15, 0.2) is 0 Å². The quantitative estimate of drug-likeness (QED) is 0.339. The van der Waals surface area contributed by atoms with E-state index in [1.807, 2.05) is 25.3 Å². The monoisotopic (exact) mass is 479 g/mol. The summed E-state index contributed by atoms with van der Waals surface area (Å²) in [6.45, 7) is 8.78. The van der Waals surface area contributed by atoms with E-state index in [4.69, 9.17) is 14.8 Å². The number of aryl methyl sites for hydroxylation is 3. The summed E-state index contributed by atoms with van der Waals surface area (Å²) in [6, 6.07) is 10.3. The van der Waals surface area contributed by atoms with Gasteiger partial charge in [-0.15, -0.1) is 11.3 Å². The lowest BCUT2D eigenvalue weighted by Gasteiger charge is -2.23. The van der Waals surface area contributed by atoms with Crippen molar-refractivity contribution in [1.29, 1.82) is 0 Å². The molecule has 180 valence electrons. The summed E-state index contributed by atoms with van der Waals surface area (Å²) < 4.78 is 6.03. The molecule has 2 heterocycles. The van der Waals surface area contributed by atoms with Gasteiger partial charge in [0.25, 0.3) is 0 Å². The van der Waals surface area contributed by atoms with Gasteiger partial charge in [-0.1, -0.05) is 13.0 Å². The molecular weight excluding hydrogens is 446 g/mol. The zero-order valence-electron chi connectivity index (χ0n) is 20.2. The molecule has 0 unspecified atom stereocenters. The highest BCUT2D eigenvalue weighted by Gasteiger charge is 2.24. The number of hydrogen-bond acceptors (Lipinski definition) is 6. The van der Waals surface area contributed by atoms with Gasteiger partial charge in [-0.3, -0.25) is 4.79 Å². The summed E-state index contributed by atoms with van der Waals surface area (Å²) in [5.41, 5.74) is 4.54. The number of anilines is 1. The molecule has 2 aromatic heterocycles. The Morgan fingerprint density at radius 1 is 1.24 bits per heavy atom. The maximum Gasteiger partial charge on any atom is 0.303 e. The van der Waals surface area contributed by atoms with Crippen LogP contribution >= 0.6 is 11.3 Å². The van der Waals surface area contributed by atoms with E-state index in [0.717, 1.165) is 66.6 Å². The van der Waals surface area contributed by atoms with Crippen LogP contribution in [-0.2, 0) is 11.2 Å². The fourth-order valence-electron chi connectivity index (χ4n) is 4.55. The molecule has 0 aliphatic heterocycles. The molecule has 0 saturated heterocycles. The Balaban J connectivity index is 1.31. The molecule has 1 atom stereocenters. The number of pyridine rings is 1. The van der Waals surface area contributed by atoms with Crippen LogP contribution in [0.1, 0.15) is 60.2 Å². The molecular formula is C27H33N3O3S. The van der Waals surface area contributed by atoms with Gasteiger partial charge in [-0.25, -0.2) is 9.97 Å². The number of fused-ring (bicyclic) bond motifs is 1. The van der Waals surface area contributed by atoms with E-state index in [-0.39, 0.29) is 12.3 Å². The minimum atomic E-state index is -0.729. The van der Waals surface area contributed by atoms with Gasteiger partial charge in [0.2, 0.25) is 0 Å². The SMILES string of the molecule is CCCN(CCCOc1ccc2c(c1)CC[C@H]2CC(=O)O)c1ccc(-c2nc(C)c(C)s2)cn1. The van der Waals surface area contributed by atoms with Crippen LogP contribution in [0.25, 0.3) is 10.6 Å². The summed E-state index contributed by atoms with van der Waals surface area (Å²) in [6.07, 6.45) is 5.92. The maximum atomic E-state index is 11.1. The van der Waals surface area contributed by atoms with Gasteiger partial charge >= 0.3 is 5.97 Å². The molecule has 0 bridgehead atoms. The smallest absolute Gasteiger partial charge is 0.303 e. The summed E-state index contributed by atoms with van der Waals surface area (Å²) >= 11 is 1.71. The number of carboxylic acids is 1. The zero-order valence-corrected chi connectivity index (χ0v) is 21.0. The van der Waals surface area contributed by atoms with Crippen molar-refractivity contribution in [1.82, 2.24) is 9.97 Å². The molecule has 0 amide bonds. The number of carbonyl (C=O) groups is 1. The average Bonchev–Trinajstić information content (AvgIpc) is 3.37. The van der Waals surface area contributed by atoms with E-state index >= 15 is 0 Å². The molecule has 0 spiro atoms. The molecule has 0 fully saturated rings. The number of rotatable bonds is 11. The Morgan fingerprint density at radius 3 is 2.76 bits per heavy atom. The largest absolute Gasteiger partial charge is 0.494 e. The highest BCUT2D eigenvalue weighted by molar-refractivity contribution is 7.15. The normalized spacial score (nSPS) is 14.7. The highest BCUT2D eigenvalue weighted by Crippen LogP contribution is 2.37. The molecule has 0 radical (unpaired) electrons. The van der Waals surface area contributed by atoms with Gasteiger partial charge in [-0.2, -0.15) is 0 Å². The van der Waals surface area contributed by atoms with Gasteiger partial charge < -0.3 is 14.7 Å². The number of aromatic nitrogens is 2. The van der Waals surface area contributed by atoms with Crippen LogP contribution in [0.15, 0.2) is 36.5 Å². The van der Waals surface area contributed by atoms with Gasteiger partial charge in [0.1, 0.15) is 16.6 Å². The highest BCUT2D eigenvalue weighted by atomic mass is 32.1. The first-order valence-electron chi connectivity index (χ1n) is 12.1. The van der Waals surface area contributed by atoms with Crippen molar-refractivity contribution in [3.05, 3.63) is 58.2 Å². The van der Waals surface area contributed by atoms with Gasteiger partial charge in [0.05, 0.1) is 18.7 Å². The second kappa shape index (κ2) is 11.0. The summed E-state index contributed by atoms with van der Waals surface area (Å²) in [5, 5.41) is 10.1. The van der Waals surface area contributed by atoms with Crippen molar-refractivity contribution >= 4 is 23.1 Å². The molecule has 1 aliphatic rings. The average molecular weight is 480 g/mol. The molecule has 1 aromatic carbocycles. The third-order valence-corrected chi connectivity index (χ3v) is 7.54. The lowest BCUT2D eigenvalue weighted by Crippen LogP contribution is -2.27. The molecule has 7 heteroatoms. The van der Waals surface area contributed by atoms with Crippen LogP contribution in [-0.4, -0.2) is 40.7 Å². The van der Waals surface area contributed by atoms with E-state index < -0.39 is 5.97 Å². The first-order chi connectivity index (χ1) is 16.4. The van der Waals surface area contributed by atoms with Crippen LogP contribution in [0.4, 0.5) is 5.82 Å². The van der Waals surface area contributed by atoms with Crippen LogP contribution in [0.3, 0.4) is 0 Å². The number of nitrogens with zero attached hydrogens (tertiary/aromatic N) is 3. The van der Waals surface area contributed by atoms with Crippen molar-refractivity contribution < 1.29 is 14.6 Å². The fraction of sp³-hybridized carbons (Fsp3) is 0.444. The minimum absolute atomic E-state index is 0.131. The number of thiazole rings is 1. The molecule has 0 saturated carbocycles. The second-order valence-corrected chi connectivity index (χ2v) is 10.2. The topological polar surface area (TPSA) is 75.5 Å². The Labute approximate surface area is 205 Å². The predicted molar refractivity (Wildman–Crippen MR) is 137 cm³/mol. The first kappa shape index (κ1) is 24.2. The standard InChI is InChI=1S/C27H33N3O3S/c1-4-12-30(25-11-8-22(17-28-25)27-29-18(2)19(3)34-27)13-5-14-33-23-9-10-24-20(15-23)6-7-21(24)16-26(31)32/h8-11,15,17,21H,4-7,12-14,16H2,1-3H3,(H,31,32)/t21-/m0/s1. The zero-order chi connectivity index (χ0) is 24.1. The van der Waals surface area contributed by atoms with Crippen LogP contribution in [0, 0.1) is 13.8 Å². The molecule has 3 aromatic rings. The second-order valence-electron chi connectivity index (χ2n) is 8.95. The van der Waals surface area contributed by atoms with Crippen molar-refractivity contribution in [3.63, 3.8) is 0 Å². The fourth-order valence-corrected chi connectivity index (χ4v) is 5.45. The van der Waals surface area contributed by atoms with Gasteiger partial charge in [0, 0.05) is 29.7 Å². The Kier molecular flexibility index (Phi) is 7.83. The molecule has 4 rings (SSSR count). The molecule has 1 N–H and O–H groups in total. The summed E-state index contributed by atoms with van der Waals surface area (Å²) in [5.74, 6) is 1.25. The number of benzene rings is 1. The minimum Gasteiger partial charge on any atom is -0.494 e. The third-order valence-electron chi connectivity index (χ3n) is 6.42. The number of carboxylic acid groups (broad SMARTS) is 1. The van der Waals surface area contributed by atoms with Crippen LogP contribution in [0.2, 0.25) is 0 Å². The Morgan fingerprint density at radius 2 is 2.09 bits per heavy atom. The van der Waals surface area contributed by atoms with E-state index in [1.165, 1.54) is 16.0 Å². The van der Waals surface area contributed by atoms with Crippen molar-refractivity contribution in [2.24, 2.45) is 0 Å². The van der Waals surface area contributed by atoms with E-state index in [0.29, 0.717) is 6.61 Å². The van der Waals surface area contributed by atoms with E-state index in [1.54, 1.807) is 11.3 Å². The van der Waals surface area contributed by atoms with Crippen molar-refractivity contribution in [3.8, 4) is 16.3 Å². The number of hydrogen-bond donors (Lipinski definition) is 1. The molecule has 34 heavy (non-hydrogen) atoms. The lowest BCUT2D eigenvalue weighted by atomic mass is 9.98. The maximum absolute atomic E-state index is 11.1. The van der Waals surface area contributed by atoms with Crippen molar-refractivity contribution in [2.45, 2.75) is 58.8 Å². The van der Waals surface area contributed by atoms with E-state index in [9.17, 15) is 4.79 Å². The summed E-state index contributed by atoms with van der Waals surface area (Å²) in [7, 11) is 0. The number of aliphatic carboxylic acids is 1. The lowest BCUT2D eigenvalue weighted by molar-refractivity contribution is -0.137. The molecule has 1 aliphatic carbocycles. The van der Waals surface area contributed by atoms with Crippen LogP contribution < -0.4 is 9.64 Å². The predicted octanol–water partition coefficient (Wildman–Crippen LogP) is 6.01. The third kappa shape index (κ3) is 5.76. The van der Waals surface area contributed by atoms with E-state index in [2.05, 4.69) is 41.9 Å². The summed E-state index contributed by atoms with van der Waals surface area (Å²) in [4.78, 5) is 24.0. The Bertz CT molecular complexity index is 1110.